The first-order valence-corrected chi connectivity index (χ1v) is 6.91. The van der Waals surface area contributed by atoms with E-state index in [0.717, 1.165) is 43.4 Å². The van der Waals surface area contributed by atoms with Crippen LogP contribution in [0.1, 0.15) is 39.4 Å². The van der Waals surface area contributed by atoms with E-state index in [0.29, 0.717) is 0 Å². The summed E-state index contributed by atoms with van der Waals surface area (Å²) in [5, 5.41) is 3.32. The molecule has 1 rings (SSSR count). The molecule has 5 nitrogen and oxygen atoms in total. The zero-order chi connectivity index (χ0) is 14.5. The van der Waals surface area contributed by atoms with Crippen molar-refractivity contribution in [3.63, 3.8) is 0 Å². The molecule has 0 radical (unpaired) electrons. The third-order valence-electron chi connectivity index (χ3n) is 2.85. The van der Waals surface area contributed by atoms with E-state index < -0.39 is 0 Å². The molecule has 5 heteroatoms. The largest absolute Gasteiger partial charge is 0.370 e. The summed E-state index contributed by atoms with van der Waals surface area (Å²) in [7, 11) is 2.05. The van der Waals surface area contributed by atoms with Crippen molar-refractivity contribution in [3.05, 3.63) is 11.9 Å². The lowest BCUT2D eigenvalue weighted by atomic mass is 10.0. The summed E-state index contributed by atoms with van der Waals surface area (Å²) in [5.74, 6) is 2.62. The Bertz CT molecular complexity index is 397. The van der Waals surface area contributed by atoms with Crippen LogP contribution >= 0.6 is 0 Å². The highest BCUT2D eigenvalue weighted by atomic mass is 15.2. The van der Waals surface area contributed by atoms with Crippen molar-refractivity contribution >= 4 is 11.6 Å². The van der Waals surface area contributed by atoms with E-state index in [1.165, 1.54) is 0 Å². The lowest BCUT2D eigenvalue weighted by Crippen LogP contribution is -2.34. The molecule has 0 aliphatic carbocycles. The maximum Gasteiger partial charge on any atom is 0.134 e. The molecule has 0 aliphatic heterocycles. The zero-order valence-corrected chi connectivity index (χ0v) is 12.8. The van der Waals surface area contributed by atoms with Crippen LogP contribution in [0.2, 0.25) is 0 Å². The second-order valence-electron chi connectivity index (χ2n) is 5.75. The van der Waals surface area contributed by atoms with Crippen molar-refractivity contribution in [2.75, 3.05) is 30.4 Å². The van der Waals surface area contributed by atoms with Gasteiger partial charge in [-0.15, -0.1) is 0 Å². The molecular weight excluding hydrogens is 238 g/mol. The van der Waals surface area contributed by atoms with Gasteiger partial charge in [0.1, 0.15) is 17.5 Å². The molecule has 0 spiro atoms. The fourth-order valence-corrected chi connectivity index (χ4v) is 1.80. The van der Waals surface area contributed by atoms with Gasteiger partial charge in [-0.1, -0.05) is 6.92 Å². The van der Waals surface area contributed by atoms with Crippen LogP contribution in [0.25, 0.3) is 0 Å². The third-order valence-corrected chi connectivity index (χ3v) is 2.85. The van der Waals surface area contributed by atoms with Crippen LogP contribution in [-0.2, 0) is 0 Å². The van der Waals surface area contributed by atoms with Crippen LogP contribution in [0.15, 0.2) is 6.07 Å². The summed E-state index contributed by atoms with van der Waals surface area (Å²) in [6, 6.07) is 1.99. The van der Waals surface area contributed by atoms with Crippen molar-refractivity contribution in [1.29, 1.82) is 0 Å². The third kappa shape index (κ3) is 5.87. The average Bonchev–Trinajstić information content (AvgIpc) is 2.26. The molecule has 3 N–H and O–H groups in total. The Morgan fingerprint density at radius 1 is 1.37 bits per heavy atom. The Morgan fingerprint density at radius 3 is 2.63 bits per heavy atom. The van der Waals surface area contributed by atoms with Gasteiger partial charge >= 0.3 is 0 Å². The minimum absolute atomic E-state index is 0.156. The second kappa shape index (κ2) is 6.70. The summed E-state index contributed by atoms with van der Waals surface area (Å²) in [6.45, 7) is 9.94. The van der Waals surface area contributed by atoms with Crippen molar-refractivity contribution < 1.29 is 0 Å². The van der Waals surface area contributed by atoms with Crippen molar-refractivity contribution in [2.45, 2.75) is 46.1 Å². The molecule has 108 valence electrons. The molecule has 19 heavy (non-hydrogen) atoms. The molecule has 1 heterocycles. The van der Waals surface area contributed by atoms with Gasteiger partial charge in [-0.25, -0.2) is 9.97 Å². The van der Waals surface area contributed by atoms with Crippen molar-refractivity contribution in [1.82, 2.24) is 9.97 Å². The van der Waals surface area contributed by atoms with Gasteiger partial charge in [-0.05, 0) is 33.6 Å². The Labute approximate surface area is 116 Å². The Morgan fingerprint density at radius 2 is 2.05 bits per heavy atom. The number of hydrogen-bond donors (Lipinski definition) is 2. The number of nitrogens with two attached hydrogens (primary N) is 1. The topological polar surface area (TPSA) is 67.1 Å². The number of nitrogens with zero attached hydrogens (tertiary/aromatic N) is 3. The van der Waals surface area contributed by atoms with Crippen molar-refractivity contribution in [2.24, 2.45) is 5.73 Å². The molecule has 0 unspecified atom stereocenters. The van der Waals surface area contributed by atoms with Gasteiger partial charge in [0.25, 0.3) is 0 Å². The van der Waals surface area contributed by atoms with Gasteiger partial charge in [0.05, 0.1) is 0 Å². The van der Waals surface area contributed by atoms with E-state index in [9.17, 15) is 0 Å². The lowest BCUT2D eigenvalue weighted by molar-refractivity contribution is 0.490. The van der Waals surface area contributed by atoms with Crippen LogP contribution in [-0.4, -0.2) is 35.6 Å². The first kappa shape index (κ1) is 15.7. The average molecular weight is 265 g/mol. The molecule has 0 saturated heterocycles. The number of hydrogen-bond acceptors (Lipinski definition) is 5. The maximum atomic E-state index is 5.97. The minimum Gasteiger partial charge on any atom is -0.370 e. The van der Waals surface area contributed by atoms with E-state index in [1.807, 2.05) is 26.8 Å². The summed E-state index contributed by atoms with van der Waals surface area (Å²) < 4.78 is 0. The predicted octanol–water partition coefficient (Wildman–Crippen LogP) is 2.17. The van der Waals surface area contributed by atoms with Crippen molar-refractivity contribution in [3.8, 4) is 0 Å². The van der Waals surface area contributed by atoms with Crippen LogP contribution < -0.4 is 16.0 Å². The van der Waals surface area contributed by atoms with Gasteiger partial charge in [-0.3, -0.25) is 0 Å². The maximum absolute atomic E-state index is 5.97. The quantitative estimate of drug-likeness (QED) is 0.791. The van der Waals surface area contributed by atoms with Gasteiger partial charge in [0, 0.05) is 31.7 Å². The number of nitrogens with one attached hydrogen (secondary N) is 1. The van der Waals surface area contributed by atoms with Crippen LogP contribution in [0.4, 0.5) is 11.6 Å². The van der Waals surface area contributed by atoms with Crippen LogP contribution in [0.3, 0.4) is 0 Å². The Balaban J connectivity index is 2.68. The minimum atomic E-state index is -0.156. The first-order valence-electron chi connectivity index (χ1n) is 6.91. The molecule has 0 atom stereocenters. The molecule has 0 aliphatic rings. The number of rotatable bonds is 7. The SMILES string of the molecule is CCCN(C)c1cc(NCCC(C)(C)N)nc(C)n1. The molecule has 0 fully saturated rings. The summed E-state index contributed by atoms with van der Waals surface area (Å²) in [6.07, 6.45) is 2.00. The normalized spacial score (nSPS) is 11.5. The molecule has 0 saturated carbocycles. The highest BCUT2D eigenvalue weighted by molar-refractivity contribution is 5.48. The first-order chi connectivity index (χ1) is 8.81. The van der Waals surface area contributed by atoms with E-state index in [-0.39, 0.29) is 5.54 Å². The molecule has 1 aromatic heterocycles. The number of aromatic nitrogens is 2. The second-order valence-corrected chi connectivity index (χ2v) is 5.75. The van der Waals surface area contributed by atoms with E-state index in [4.69, 9.17) is 5.73 Å². The Kier molecular flexibility index (Phi) is 5.54. The van der Waals surface area contributed by atoms with Gasteiger partial charge in [-0.2, -0.15) is 0 Å². The van der Waals surface area contributed by atoms with E-state index >= 15 is 0 Å². The zero-order valence-electron chi connectivity index (χ0n) is 12.8. The molecule has 0 aromatic carbocycles. The molecule has 0 amide bonds. The highest BCUT2D eigenvalue weighted by Gasteiger charge is 2.10. The summed E-state index contributed by atoms with van der Waals surface area (Å²) >= 11 is 0. The number of aryl methyl sites for hydroxylation is 1. The van der Waals surface area contributed by atoms with Gasteiger partial charge < -0.3 is 16.0 Å². The molecule has 1 aromatic rings. The van der Waals surface area contributed by atoms with Crippen LogP contribution in [0.5, 0.6) is 0 Å². The number of anilines is 2. The van der Waals surface area contributed by atoms with Crippen LogP contribution in [0, 0.1) is 6.92 Å². The molecular formula is C14H27N5. The lowest BCUT2D eigenvalue weighted by Gasteiger charge is -2.20. The predicted molar refractivity (Wildman–Crippen MR) is 81.7 cm³/mol. The standard InChI is InChI=1S/C14H27N5/c1-6-9-19(5)13-10-12(17-11(2)18-13)16-8-7-14(3,4)15/h10H,6-9,15H2,1-5H3,(H,16,17,18). The van der Waals surface area contributed by atoms with Gasteiger partial charge in [0.2, 0.25) is 0 Å². The van der Waals surface area contributed by atoms with Gasteiger partial charge in [0.15, 0.2) is 0 Å². The van der Waals surface area contributed by atoms with E-state index in [1.54, 1.807) is 0 Å². The fraction of sp³-hybridized carbons (Fsp3) is 0.714. The Hall–Kier alpha value is -1.36. The highest BCUT2D eigenvalue weighted by Crippen LogP contribution is 2.15. The molecule has 0 bridgehead atoms. The smallest absolute Gasteiger partial charge is 0.134 e. The fourth-order valence-electron chi connectivity index (χ4n) is 1.80. The summed E-state index contributed by atoms with van der Waals surface area (Å²) in [4.78, 5) is 11.0. The summed E-state index contributed by atoms with van der Waals surface area (Å²) in [5.41, 5.74) is 5.81. The van der Waals surface area contributed by atoms with E-state index in [2.05, 4.69) is 34.2 Å². The monoisotopic (exact) mass is 265 g/mol.